The molecule has 1 aromatic rings. The van der Waals surface area contributed by atoms with E-state index in [0.717, 1.165) is 32.6 Å². The number of anilines is 1. The maximum Gasteiger partial charge on any atom is 0.188 e. The highest BCUT2D eigenvalue weighted by molar-refractivity contribution is 5.52. The Bertz CT molecular complexity index is 349. The highest BCUT2D eigenvalue weighted by Crippen LogP contribution is 2.27. The van der Waals surface area contributed by atoms with Gasteiger partial charge in [-0.15, -0.1) is 0 Å². The number of nitrogens with one attached hydrogen (secondary N) is 1. The van der Waals surface area contributed by atoms with Crippen molar-refractivity contribution < 1.29 is 9.13 Å². The molecule has 0 bridgehead atoms. The van der Waals surface area contributed by atoms with Crippen LogP contribution in [0.3, 0.4) is 0 Å². The molecular formula is C12H17FN2O. The quantitative estimate of drug-likeness (QED) is 0.826. The van der Waals surface area contributed by atoms with E-state index in [1.165, 1.54) is 7.11 Å². The minimum absolute atomic E-state index is 0.257. The second-order valence-corrected chi connectivity index (χ2v) is 3.88. The number of halogens is 1. The minimum Gasteiger partial charge on any atom is -0.494 e. The molecule has 1 N–H and O–H groups in total. The van der Waals surface area contributed by atoms with Crippen LogP contribution >= 0.6 is 0 Å². The number of ether oxygens (including phenoxy) is 1. The van der Waals surface area contributed by atoms with Gasteiger partial charge in [0.2, 0.25) is 0 Å². The lowest BCUT2D eigenvalue weighted by molar-refractivity contribution is 0.386. The highest BCUT2D eigenvalue weighted by atomic mass is 19.1. The average Bonchev–Trinajstić information content (AvgIpc) is 2.58. The first-order valence-corrected chi connectivity index (χ1v) is 5.61. The summed E-state index contributed by atoms with van der Waals surface area (Å²) in [5.74, 6) is 0.0570. The maximum absolute atomic E-state index is 14.0. The smallest absolute Gasteiger partial charge is 0.188 e. The van der Waals surface area contributed by atoms with Gasteiger partial charge in [0.1, 0.15) is 0 Å². The standard InChI is InChI=1S/C12H17FN2O/c1-16-11-5-2-4-10(12(11)13)15-8-3-6-14-7-9-15/h2,4-5,14H,3,6-9H2,1H3. The lowest BCUT2D eigenvalue weighted by Crippen LogP contribution is -2.28. The summed E-state index contributed by atoms with van der Waals surface area (Å²) in [6.07, 6.45) is 1.04. The molecule has 4 heteroatoms. The first-order chi connectivity index (χ1) is 7.83. The first-order valence-electron chi connectivity index (χ1n) is 5.61. The van der Waals surface area contributed by atoms with Crippen LogP contribution in [0.4, 0.5) is 10.1 Å². The van der Waals surface area contributed by atoms with Gasteiger partial charge in [0.05, 0.1) is 12.8 Å². The zero-order valence-electron chi connectivity index (χ0n) is 9.50. The van der Waals surface area contributed by atoms with Gasteiger partial charge in [0.15, 0.2) is 11.6 Å². The largest absolute Gasteiger partial charge is 0.494 e. The van der Waals surface area contributed by atoms with Crippen LogP contribution in [-0.2, 0) is 0 Å². The fraction of sp³-hybridized carbons (Fsp3) is 0.500. The minimum atomic E-state index is -0.257. The zero-order valence-corrected chi connectivity index (χ0v) is 9.50. The summed E-state index contributed by atoms with van der Waals surface area (Å²) in [4.78, 5) is 2.07. The predicted octanol–water partition coefficient (Wildman–Crippen LogP) is 1.63. The summed E-state index contributed by atoms with van der Waals surface area (Å²) >= 11 is 0. The van der Waals surface area contributed by atoms with Gasteiger partial charge in [-0.2, -0.15) is 0 Å². The van der Waals surface area contributed by atoms with Crippen LogP contribution in [0.25, 0.3) is 0 Å². The molecule has 0 unspecified atom stereocenters. The zero-order chi connectivity index (χ0) is 11.4. The molecule has 0 aromatic heterocycles. The van der Waals surface area contributed by atoms with E-state index < -0.39 is 0 Å². The molecule has 3 nitrogen and oxygen atoms in total. The number of hydrogen-bond donors (Lipinski definition) is 1. The van der Waals surface area contributed by atoms with Crippen molar-refractivity contribution in [3.8, 4) is 5.75 Å². The summed E-state index contributed by atoms with van der Waals surface area (Å²) < 4.78 is 19.0. The van der Waals surface area contributed by atoms with Crippen molar-refractivity contribution in [1.29, 1.82) is 0 Å². The molecule has 0 aliphatic carbocycles. The molecule has 1 aliphatic rings. The van der Waals surface area contributed by atoms with Gasteiger partial charge in [-0.25, -0.2) is 4.39 Å². The summed E-state index contributed by atoms with van der Waals surface area (Å²) in [6.45, 7) is 3.62. The Balaban J connectivity index is 2.24. The van der Waals surface area contributed by atoms with Crippen molar-refractivity contribution in [2.45, 2.75) is 6.42 Å². The van der Waals surface area contributed by atoms with E-state index in [1.807, 2.05) is 12.1 Å². The van der Waals surface area contributed by atoms with Crippen molar-refractivity contribution in [2.75, 3.05) is 38.2 Å². The monoisotopic (exact) mass is 224 g/mol. The van der Waals surface area contributed by atoms with Gasteiger partial charge in [-0.05, 0) is 25.1 Å². The lowest BCUT2D eigenvalue weighted by atomic mass is 10.2. The van der Waals surface area contributed by atoms with Crippen LogP contribution in [0.15, 0.2) is 18.2 Å². The van der Waals surface area contributed by atoms with E-state index in [1.54, 1.807) is 6.07 Å². The molecule has 88 valence electrons. The third kappa shape index (κ3) is 2.27. The predicted molar refractivity (Wildman–Crippen MR) is 62.7 cm³/mol. The van der Waals surface area contributed by atoms with Crippen molar-refractivity contribution in [1.82, 2.24) is 5.32 Å². The molecule has 1 aliphatic heterocycles. The van der Waals surface area contributed by atoms with Crippen molar-refractivity contribution >= 4 is 5.69 Å². The van der Waals surface area contributed by atoms with E-state index in [4.69, 9.17) is 4.74 Å². The first kappa shape index (κ1) is 11.2. The molecule has 1 heterocycles. The molecule has 2 rings (SSSR count). The summed E-state index contributed by atoms with van der Waals surface area (Å²) in [5, 5.41) is 3.30. The molecule has 0 radical (unpaired) electrons. The molecular weight excluding hydrogens is 207 g/mol. The third-order valence-electron chi connectivity index (χ3n) is 2.84. The van der Waals surface area contributed by atoms with E-state index >= 15 is 0 Å². The Morgan fingerprint density at radius 1 is 1.31 bits per heavy atom. The number of methoxy groups -OCH3 is 1. The Morgan fingerprint density at radius 2 is 2.19 bits per heavy atom. The SMILES string of the molecule is COc1cccc(N2CCCNCC2)c1F. The second kappa shape index (κ2) is 5.16. The molecule has 0 amide bonds. The molecule has 1 saturated heterocycles. The average molecular weight is 224 g/mol. The Kier molecular flexibility index (Phi) is 3.62. The van der Waals surface area contributed by atoms with Gasteiger partial charge >= 0.3 is 0 Å². The van der Waals surface area contributed by atoms with E-state index in [2.05, 4.69) is 10.2 Å². The van der Waals surface area contributed by atoms with Crippen LogP contribution in [0.2, 0.25) is 0 Å². The summed E-state index contributed by atoms with van der Waals surface area (Å²) in [5.41, 5.74) is 0.642. The van der Waals surface area contributed by atoms with Gasteiger partial charge in [0, 0.05) is 19.6 Å². The fourth-order valence-electron chi connectivity index (χ4n) is 1.99. The van der Waals surface area contributed by atoms with Gasteiger partial charge in [-0.3, -0.25) is 0 Å². The number of nitrogens with zero attached hydrogens (tertiary/aromatic N) is 1. The van der Waals surface area contributed by atoms with Crippen LogP contribution in [0.5, 0.6) is 5.75 Å². The van der Waals surface area contributed by atoms with Crippen molar-refractivity contribution in [3.05, 3.63) is 24.0 Å². The third-order valence-corrected chi connectivity index (χ3v) is 2.84. The van der Waals surface area contributed by atoms with Gasteiger partial charge in [0.25, 0.3) is 0 Å². The van der Waals surface area contributed by atoms with Crippen LogP contribution < -0.4 is 15.0 Å². The van der Waals surface area contributed by atoms with Crippen LogP contribution in [0.1, 0.15) is 6.42 Å². The fourth-order valence-corrected chi connectivity index (χ4v) is 1.99. The van der Waals surface area contributed by atoms with Crippen molar-refractivity contribution in [2.24, 2.45) is 0 Å². The highest BCUT2D eigenvalue weighted by Gasteiger charge is 2.15. The molecule has 0 spiro atoms. The van der Waals surface area contributed by atoms with Crippen LogP contribution in [-0.4, -0.2) is 33.3 Å². The number of rotatable bonds is 2. The Morgan fingerprint density at radius 3 is 3.00 bits per heavy atom. The Hall–Kier alpha value is -1.29. The maximum atomic E-state index is 14.0. The van der Waals surface area contributed by atoms with E-state index in [0.29, 0.717) is 11.4 Å². The molecule has 0 atom stereocenters. The van der Waals surface area contributed by atoms with E-state index in [-0.39, 0.29) is 5.82 Å². The molecule has 0 saturated carbocycles. The van der Waals surface area contributed by atoms with Gasteiger partial charge < -0.3 is 15.0 Å². The van der Waals surface area contributed by atoms with Gasteiger partial charge in [-0.1, -0.05) is 6.07 Å². The summed E-state index contributed by atoms with van der Waals surface area (Å²) in [6, 6.07) is 5.29. The number of hydrogen-bond acceptors (Lipinski definition) is 3. The number of benzene rings is 1. The molecule has 16 heavy (non-hydrogen) atoms. The topological polar surface area (TPSA) is 24.5 Å². The Labute approximate surface area is 95.2 Å². The molecule has 1 aromatic carbocycles. The van der Waals surface area contributed by atoms with E-state index in [9.17, 15) is 4.39 Å². The summed E-state index contributed by atoms with van der Waals surface area (Å²) in [7, 11) is 1.49. The van der Waals surface area contributed by atoms with Crippen LogP contribution in [0, 0.1) is 5.82 Å². The lowest BCUT2D eigenvalue weighted by Gasteiger charge is -2.23. The van der Waals surface area contributed by atoms with Crippen molar-refractivity contribution in [3.63, 3.8) is 0 Å². The second-order valence-electron chi connectivity index (χ2n) is 3.88. The molecule has 1 fully saturated rings. The normalized spacial score (nSPS) is 17.0.